The molecule has 2 rings (SSSR count). The molecule has 1 unspecified atom stereocenters. The van der Waals surface area contributed by atoms with Gasteiger partial charge in [0.2, 0.25) is 5.91 Å². The standard InChI is InChI=1S/C21H31N3O/c1-18(2)11-15-24(14-7-12-22)21(25)20-10-6-13-23(17-20)16-19-8-4-3-5-9-19/h3-5,8-9,18,20H,6-7,10-11,13-17H2,1-2H3. The second kappa shape index (κ2) is 10.2. The van der Waals surface area contributed by atoms with Crippen LogP contribution < -0.4 is 0 Å². The number of benzene rings is 1. The fourth-order valence-corrected chi connectivity index (χ4v) is 3.43. The van der Waals surface area contributed by atoms with Crippen LogP contribution in [-0.2, 0) is 11.3 Å². The highest BCUT2D eigenvalue weighted by Gasteiger charge is 2.29. The number of hydrogen-bond donors (Lipinski definition) is 0. The zero-order valence-electron chi connectivity index (χ0n) is 15.7. The first-order chi connectivity index (χ1) is 12.1. The van der Waals surface area contributed by atoms with Crippen molar-refractivity contribution >= 4 is 5.91 Å². The molecule has 1 aliphatic rings. The maximum absolute atomic E-state index is 13.0. The summed E-state index contributed by atoms with van der Waals surface area (Å²) in [5.41, 5.74) is 1.30. The minimum Gasteiger partial charge on any atom is -0.341 e. The number of rotatable bonds is 8. The van der Waals surface area contributed by atoms with Crippen molar-refractivity contribution < 1.29 is 4.79 Å². The van der Waals surface area contributed by atoms with E-state index in [1.807, 2.05) is 11.0 Å². The molecule has 4 heteroatoms. The Morgan fingerprint density at radius 2 is 2.08 bits per heavy atom. The van der Waals surface area contributed by atoms with Gasteiger partial charge in [-0.15, -0.1) is 0 Å². The maximum Gasteiger partial charge on any atom is 0.227 e. The van der Waals surface area contributed by atoms with Gasteiger partial charge in [-0.1, -0.05) is 44.2 Å². The number of piperidine rings is 1. The van der Waals surface area contributed by atoms with Gasteiger partial charge < -0.3 is 4.90 Å². The van der Waals surface area contributed by atoms with Crippen LogP contribution in [0.1, 0.15) is 45.1 Å². The van der Waals surface area contributed by atoms with Crippen LogP contribution in [-0.4, -0.2) is 41.9 Å². The Balaban J connectivity index is 1.94. The summed E-state index contributed by atoms with van der Waals surface area (Å²) in [6.07, 6.45) is 3.45. The molecule has 1 atom stereocenters. The van der Waals surface area contributed by atoms with Crippen molar-refractivity contribution in [1.82, 2.24) is 9.80 Å². The maximum atomic E-state index is 13.0. The summed E-state index contributed by atoms with van der Waals surface area (Å²) in [5.74, 6) is 0.885. The number of likely N-dealkylation sites (tertiary alicyclic amines) is 1. The quantitative estimate of drug-likeness (QED) is 0.724. The van der Waals surface area contributed by atoms with Crippen LogP contribution in [0.3, 0.4) is 0 Å². The normalized spacial score (nSPS) is 18.1. The first kappa shape index (κ1) is 19.5. The topological polar surface area (TPSA) is 47.3 Å². The summed E-state index contributed by atoms with van der Waals surface area (Å²) in [6.45, 7) is 8.49. The highest BCUT2D eigenvalue weighted by molar-refractivity contribution is 5.79. The number of hydrogen-bond acceptors (Lipinski definition) is 3. The molecule has 1 aromatic rings. The fraction of sp³-hybridized carbons (Fsp3) is 0.619. The van der Waals surface area contributed by atoms with E-state index in [2.05, 4.69) is 49.1 Å². The zero-order valence-corrected chi connectivity index (χ0v) is 15.7. The summed E-state index contributed by atoms with van der Waals surface area (Å²) in [5, 5.41) is 8.89. The van der Waals surface area contributed by atoms with Gasteiger partial charge in [0.05, 0.1) is 18.4 Å². The third kappa shape index (κ3) is 6.51. The summed E-state index contributed by atoms with van der Waals surface area (Å²) in [4.78, 5) is 17.3. The first-order valence-corrected chi connectivity index (χ1v) is 9.52. The molecule has 1 heterocycles. The minimum atomic E-state index is 0.0725. The molecule has 4 nitrogen and oxygen atoms in total. The van der Waals surface area contributed by atoms with Crippen molar-refractivity contribution in [3.63, 3.8) is 0 Å². The van der Waals surface area contributed by atoms with Crippen molar-refractivity contribution in [3.05, 3.63) is 35.9 Å². The molecular formula is C21H31N3O. The Hall–Kier alpha value is -1.86. The number of nitrogens with zero attached hydrogens (tertiary/aromatic N) is 3. The zero-order chi connectivity index (χ0) is 18.1. The lowest BCUT2D eigenvalue weighted by atomic mass is 9.95. The Kier molecular flexibility index (Phi) is 7.94. The van der Waals surface area contributed by atoms with Crippen LogP contribution in [0.4, 0.5) is 0 Å². The molecule has 1 amide bonds. The van der Waals surface area contributed by atoms with E-state index in [4.69, 9.17) is 5.26 Å². The van der Waals surface area contributed by atoms with Gasteiger partial charge in [0.25, 0.3) is 0 Å². The van der Waals surface area contributed by atoms with Gasteiger partial charge in [-0.25, -0.2) is 0 Å². The molecule has 0 radical (unpaired) electrons. The van der Waals surface area contributed by atoms with E-state index in [0.717, 1.165) is 45.4 Å². The minimum absolute atomic E-state index is 0.0725. The summed E-state index contributed by atoms with van der Waals surface area (Å²) in [6, 6.07) is 12.6. The number of amides is 1. The monoisotopic (exact) mass is 341 g/mol. The molecule has 136 valence electrons. The SMILES string of the molecule is CC(C)CCN(CCC#N)C(=O)C1CCCN(Cc2ccccc2)C1. The number of carbonyl (C=O) groups excluding carboxylic acids is 1. The van der Waals surface area contributed by atoms with Crippen molar-refractivity contribution in [2.45, 2.75) is 46.1 Å². The molecule has 1 aliphatic heterocycles. The van der Waals surface area contributed by atoms with Gasteiger partial charge in [0, 0.05) is 26.2 Å². The molecule has 0 saturated carbocycles. The fourth-order valence-electron chi connectivity index (χ4n) is 3.43. The van der Waals surface area contributed by atoms with Gasteiger partial charge in [0.15, 0.2) is 0 Å². The lowest BCUT2D eigenvalue weighted by Crippen LogP contribution is -2.45. The van der Waals surface area contributed by atoms with Gasteiger partial charge in [-0.2, -0.15) is 5.26 Å². The smallest absolute Gasteiger partial charge is 0.227 e. The van der Waals surface area contributed by atoms with Crippen LogP contribution in [0.25, 0.3) is 0 Å². The lowest BCUT2D eigenvalue weighted by Gasteiger charge is -2.35. The van der Waals surface area contributed by atoms with Crippen LogP contribution >= 0.6 is 0 Å². The molecule has 1 saturated heterocycles. The van der Waals surface area contributed by atoms with Crippen molar-refractivity contribution in [2.24, 2.45) is 11.8 Å². The van der Waals surface area contributed by atoms with E-state index in [0.29, 0.717) is 18.9 Å². The predicted octanol–water partition coefficient (Wildman–Crippen LogP) is 3.69. The van der Waals surface area contributed by atoms with E-state index < -0.39 is 0 Å². The van der Waals surface area contributed by atoms with E-state index in [9.17, 15) is 4.79 Å². The molecular weight excluding hydrogens is 310 g/mol. The average molecular weight is 341 g/mol. The van der Waals surface area contributed by atoms with Crippen molar-refractivity contribution in [2.75, 3.05) is 26.2 Å². The summed E-state index contributed by atoms with van der Waals surface area (Å²) in [7, 11) is 0. The summed E-state index contributed by atoms with van der Waals surface area (Å²) >= 11 is 0. The molecule has 1 aromatic carbocycles. The molecule has 0 spiro atoms. The van der Waals surface area contributed by atoms with E-state index >= 15 is 0 Å². The van der Waals surface area contributed by atoms with Gasteiger partial charge in [-0.3, -0.25) is 9.69 Å². The van der Waals surface area contributed by atoms with Crippen LogP contribution in [0.2, 0.25) is 0 Å². The molecule has 1 fully saturated rings. The first-order valence-electron chi connectivity index (χ1n) is 9.52. The third-order valence-corrected chi connectivity index (χ3v) is 4.89. The highest BCUT2D eigenvalue weighted by Crippen LogP contribution is 2.21. The molecule has 25 heavy (non-hydrogen) atoms. The van der Waals surface area contributed by atoms with Gasteiger partial charge >= 0.3 is 0 Å². The highest BCUT2D eigenvalue weighted by atomic mass is 16.2. The lowest BCUT2D eigenvalue weighted by molar-refractivity contribution is -0.137. The number of nitriles is 1. The van der Waals surface area contributed by atoms with Gasteiger partial charge in [0.1, 0.15) is 0 Å². The second-order valence-corrected chi connectivity index (χ2v) is 7.48. The molecule has 0 aliphatic carbocycles. The Labute approximate surface area is 152 Å². The van der Waals surface area contributed by atoms with E-state index in [1.165, 1.54) is 5.56 Å². The molecule has 0 aromatic heterocycles. The second-order valence-electron chi connectivity index (χ2n) is 7.48. The average Bonchev–Trinajstić information content (AvgIpc) is 2.62. The summed E-state index contributed by atoms with van der Waals surface area (Å²) < 4.78 is 0. The van der Waals surface area contributed by atoms with Gasteiger partial charge in [-0.05, 0) is 37.3 Å². The molecule has 0 bridgehead atoms. The Morgan fingerprint density at radius 1 is 1.32 bits per heavy atom. The van der Waals surface area contributed by atoms with Crippen molar-refractivity contribution in [1.29, 1.82) is 5.26 Å². The third-order valence-electron chi connectivity index (χ3n) is 4.89. The Bertz CT molecular complexity index is 564. The predicted molar refractivity (Wildman–Crippen MR) is 101 cm³/mol. The van der Waals surface area contributed by atoms with Crippen LogP contribution in [0.5, 0.6) is 0 Å². The largest absolute Gasteiger partial charge is 0.341 e. The Morgan fingerprint density at radius 3 is 2.76 bits per heavy atom. The number of carbonyl (C=O) groups is 1. The molecule has 0 N–H and O–H groups in total. The van der Waals surface area contributed by atoms with E-state index in [-0.39, 0.29) is 11.8 Å². The van der Waals surface area contributed by atoms with Crippen molar-refractivity contribution in [3.8, 4) is 6.07 Å². The van der Waals surface area contributed by atoms with Crippen LogP contribution in [0, 0.1) is 23.2 Å². The van der Waals surface area contributed by atoms with Crippen LogP contribution in [0.15, 0.2) is 30.3 Å². The van der Waals surface area contributed by atoms with E-state index in [1.54, 1.807) is 0 Å².